The zero-order valence-corrected chi connectivity index (χ0v) is 12.3. The molecule has 0 unspecified atom stereocenters. The van der Waals surface area contributed by atoms with E-state index in [1.165, 1.54) is 24.5 Å². The second-order valence-electron chi connectivity index (χ2n) is 4.15. The molecule has 2 aromatic rings. The molecule has 8 heteroatoms. The van der Waals surface area contributed by atoms with E-state index in [0.29, 0.717) is 5.69 Å². The maximum absolute atomic E-state index is 13.3. The van der Waals surface area contributed by atoms with Crippen LogP contribution in [0.2, 0.25) is 0 Å². The number of nitrogens with zero attached hydrogens (tertiary/aromatic N) is 2. The van der Waals surface area contributed by atoms with Gasteiger partial charge in [0.1, 0.15) is 5.82 Å². The molecule has 0 radical (unpaired) electrons. The number of sulfonamides is 1. The van der Waals surface area contributed by atoms with Gasteiger partial charge in [-0.3, -0.25) is 0 Å². The number of aromatic nitrogens is 1. The lowest BCUT2D eigenvalue weighted by Crippen LogP contribution is -2.26. The summed E-state index contributed by atoms with van der Waals surface area (Å²) in [6, 6.07) is 3.36. The zero-order valence-electron chi connectivity index (χ0n) is 10.7. The molecule has 0 saturated carbocycles. The molecule has 1 aromatic heterocycles. The van der Waals surface area contributed by atoms with Crippen LogP contribution in [0.5, 0.6) is 0 Å². The van der Waals surface area contributed by atoms with Crippen LogP contribution in [-0.4, -0.2) is 29.9 Å². The van der Waals surface area contributed by atoms with E-state index in [4.69, 9.17) is 5.11 Å². The van der Waals surface area contributed by atoms with Gasteiger partial charge in [0.05, 0.1) is 29.3 Å². The standard InChI is InChI=1S/C12H13FN2O3S2/c1-15(5-10-7-19-8-14-10)20(17,18)11-2-3-12(13)9(4-11)6-16/h2-4,7-8,16H,5-6H2,1H3. The van der Waals surface area contributed by atoms with Gasteiger partial charge in [0.2, 0.25) is 10.0 Å². The number of hydrogen-bond donors (Lipinski definition) is 1. The molecule has 0 spiro atoms. The van der Waals surface area contributed by atoms with Crippen molar-refractivity contribution < 1.29 is 17.9 Å². The van der Waals surface area contributed by atoms with Crippen molar-refractivity contribution in [2.24, 2.45) is 0 Å². The van der Waals surface area contributed by atoms with Crippen LogP contribution in [0.1, 0.15) is 11.3 Å². The average molecular weight is 316 g/mol. The van der Waals surface area contributed by atoms with Crippen LogP contribution >= 0.6 is 11.3 Å². The van der Waals surface area contributed by atoms with Gasteiger partial charge in [-0.05, 0) is 18.2 Å². The third-order valence-electron chi connectivity index (χ3n) is 2.76. The van der Waals surface area contributed by atoms with Crippen molar-refractivity contribution >= 4 is 21.4 Å². The van der Waals surface area contributed by atoms with Crippen molar-refractivity contribution in [3.8, 4) is 0 Å². The van der Waals surface area contributed by atoms with E-state index in [1.54, 1.807) is 10.9 Å². The van der Waals surface area contributed by atoms with Gasteiger partial charge in [0, 0.05) is 18.0 Å². The van der Waals surface area contributed by atoms with E-state index in [-0.39, 0.29) is 17.0 Å². The Bertz CT molecular complexity index is 687. The first-order valence-corrected chi connectivity index (χ1v) is 8.06. The minimum absolute atomic E-state index is 0.0480. The monoisotopic (exact) mass is 316 g/mol. The topological polar surface area (TPSA) is 70.5 Å². The van der Waals surface area contributed by atoms with E-state index in [9.17, 15) is 12.8 Å². The predicted octanol–water partition coefficient (Wildman–Crippen LogP) is 1.60. The predicted molar refractivity (Wildman–Crippen MR) is 73.1 cm³/mol. The van der Waals surface area contributed by atoms with Gasteiger partial charge in [-0.1, -0.05) is 0 Å². The first kappa shape index (κ1) is 15.0. The molecule has 1 heterocycles. The number of aliphatic hydroxyl groups excluding tert-OH is 1. The van der Waals surface area contributed by atoms with Crippen LogP contribution in [0.3, 0.4) is 0 Å². The Kier molecular flexibility index (Phi) is 4.48. The smallest absolute Gasteiger partial charge is 0.243 e. The van der Waals surface area contributed by atoms with Gasteiger partial charge in [-0.25, -0.2) is 17.8 Å². The molecule has 5 nitrogen and oxygen atoms in total. The molecule has 1 aromatic carbocycles. The average Bonchev–Trinajstić information content (AvgIpc) is 2.91. The maximum Gasteiger partial charge on any atom is 0.243 e. The maximum atomic E-state index is 13.3. The number of hydrogen-bond acceptors (Lipinski definition) is 5. The molecule has 108 valence electrons. The first-order valence-electron chi connectivity index (χ1n) is 5.68. The summed E-state index contributed by atoms with van der Waals surface area (Å²) < 4.78 is 39.1. The fourth-order valence-electron chi connectivity index (χ4n) is 1.64. The minimum atomic E-state index is -3.74. The van der Waals surface area contributed by atoms with Crippen molar-refractivity contribution in [2.45, 2.75) is 18.0 Å². The van der Waals surface area contributed by atoms with Crippen LogP contribution < -0.4 is 0 Å². The normalized spacial score (nSPS) is 12.0. The molecular weight excluding hydrogens is 303 g/mol. The molecule has 0 fully saturated rings. The summed E-state index contributed by atoms with van der Waals surface area (Å²) in [6.45, 7) is -0.414. The summed E-state index contributed by atoms with van der Waals surface area (Å²) >= 11 is 1.38. The van der Waals surface area contributed by atoms with E-state index in [2.05, 4.69) is 4.98 Å². The van der Waals surface area contributed by atoms with E-state index in [0.717, 1.165) is 16.4 Å². The molecule has 0 atom stereocenters. The molecule has 0 saturated heterocycles. The third-order valence-corrected chi connectivity index (χ3v) is 5.20. The third kappa shape index (κ3) is 3.04. The number of halogens is 1. The highest BCUT2D eigenvalue weighted by Gasteiger charge is 2.22. The van der Waals surface area contributed by atoms with Crippen molar-refractivity contribution in [3.05, 3.63) is 46.2 Å². The van der Waals surface area contributed by atoms with Crippen molar-refractivity contribution in [3.63, 3.8) is 0 Å². The van der Waals surface area contributed by atoms with E-state index >= 15 is 0 Å². The SMILES string of the molecule is CN(Cc1cscn1)S(=O)(=O)c1ccc(F)c(CO)c1. The number of thiazole rings is 1. The summed E-state index contributed by atoms with van der Waals surface area (Å²) in [7, 11) is -2.32. The lowest BCUT2D eigenvalue weighted by molar-refractivity contribution is 0.275. The van der Waals surface area contributed by atoms with E-state index in [1.807, 2.05) is 0 Å². The summed E-state index contributed by atoms with van der Waals surface area (Å²) in [5.41, 5.74) is 2.22. The number of benzene rings is 1. The fraction of sp³-hybridized carbons (Fsp3) is 0.250. The molecule has 0 aliphatic rings. The van der Waals surface area contributed by atoms with Crippen LogP contribution in [0, 0.1) is 5.82 Å². The van der Waals surface area contributed by atoms with Gasteiger partial charge in [-0.2, -0.15) is 4.31 Å². The van der Waals surface area contributed by atoms with Crippen LogP contribution in [0.15, 0.2) is 34.0 Å². The molecule has 20 heavy (non-hydrogen) atoms. The molecule has 0 aliphatic carbocycles. The Morgan fingerprint density at radius 1 is 1.45 bits per heavy atom. The fourth-order valence-corrected chi connectivity index (χ4v) is 3.38. The van der Waals surface area contributed by atoms with Gasteiger partial charge in [0.25, 0.3) is 0 Å². The van der Waals surface area contributed by atoms with Gasteiger partial charge < -0.3 is 5.11 Å². The summed E-state index contributed by atoms with van der Waals surface area (Å²) in [4.78, 5) is 3.97. The molecule has 0 amide bonds. The Labute approximate surface area is 120 Å². The Balaban J connectivity index is 2.29. The Morgan fingerprint density at radius 2 is 2.20 bits per heavy atom. The highest BCUT2D eigenvalue weighted by atomic mass is 32.2. The molecule has 0 aliphatic heterocycles. The first-order chi connectivity index (χ1) is 9.45. The zero-order chi connectivity index (χ0) is 14.8. The van der Waals surface area contributed by atoms with Gasteiger partial charge >= 0.3 is 0 Å². The summed E-state index contributed by atoms with van der Waals surface area (Å²) in [5.74, 6) is -0.631. The van der Waals surface area contributed by atoms with Crippen molar-refractivity contribution in [1.29, 1.82) is 0 Å². The quantitative estimate of drug-likeness (QED) is 0.909. The van der Waals surface area contributed by atoms with Crippen LogP contribution in [-0.2, 0) is 23.2 Å². The van der Waals surface area contributed by atoms with Gasteiger partial charge in [-0.15, -0.1) is 11.3 Å². The largest absolute Gasteiger partial charge is 0.392 e. The molecule has 2 rings (SSSR count). The van der Waals surface area contributed by atoms with Crippen molar-refractivity contribution in [2.75, 3.05) is 7.05 Å². The number of aliphatic hydroxyl groups is 1. The van der Waals surface area contributed by atoms with Gasteiger partial charge in [0.15, 0.2) is 0 Å². The Hall–Kier alpha value is -1.35. The van der Waals surface area contributed by atoms with Crippen molar-refractivity contribution in [1.82, 2.24) is 9.29 Å². The second kappa shape index (κ2) is 5.96. The minimum Gasteiger partial charge on any atom is -0.392 e. The van der Waals surface area contributed by atoms with E-state index < -0.39 is 22.4 Å². The second-order valence-corrected chi connectivity index (χ2v) is 6.92. The number of rotatable bonds is 5. The van der Waals surface area contributed by atoms with Crippen LogP contribution in [0.25, 0.3) is 0 Å². The summed E-state index contributed by atoms with van der Waals surface area (Å²) in [6.07, 6.45) is 0. The lowest BCUT2D eigenvalue weighted by atomic mass is 10.2. The highest BCUT2D eigenvalue weighted by molar-refractivity contribution is 7.89. The highest BCUT2D eigenvalue weighted by Crippen LogP contribution is 2.20. The Morgan fingerprint density at radius 3 is 2.80 bits per heavy atom. The van der Waals surface area contributed by atoms with Crippen LogP contribution in [0.4, 0.5) is 4.39 Å². The lowest BCUT2D eigenvalue weighted by Gasteiger charge is -2.16. The summed E-state index contributed by atoms with van der Waals surface area (Å²) in [5, 5.41) is 10.8. The molecule has 1 N–H and O–H groups in total. The molecular formula is C12H13FN2O3S2. The molecule has 0 bridgehead atoms.